The monoisotopic (exact) mass is 293 g/mol. The van der Waals surface area contributed by atoms with Crippen LogP contribution in [0, 0.1) is 11.8 Å². The van der Waals surface area contributed by atoms with Gasteiger partial charge >= 0.3 is 0 Å². The molecule has 1 unspecified atom stereocenters. The van der Waals surface area contributed by atoms with Crippen LogP contribution >= 0.6 is 0 Å². The van der Waals surface area contributed by atoms with Crippen LogP contribution in [0.5, 0.6) is 0 Å². The van der Waals surface area contributed by atoms with Gasteiger partial charge in [-0.05, 0) is 49.7 Å². The fraction of sp³-hybridized carbons (Fsp3) is 0.625. The van der Waals surface area contributed by atoms with Crippen molar-refractivity contribution < 1.29 is 8.42 Å². The topological polar surface area (TPSA) is 37.4 Å². The Bertz CT molecular complexity index is 578. The number of rotatable bonds is 4. The van der Waals surface area contributed by atoms with Gasteiger partial charge in [-0.15, -0.1) is 0 Å². The number of benzene rings is 1. The Morgan fingerprint density at radius 1 is 1.15 bits per heavy atom. The molecule has 2 aliphatic rings. The van der Waals surface area contributed by atoms with E-state index in [1.54, 1.807) is 13.0 Å². The average molecular weight is 293 g/mol. The Hall–Kier alpha value is -1.03. The summed E-state index contributed by atoms with van der Waals surface area (Å²) in [7, 11) is -3.14. The molecule has 1 saturated carbocycles. The molecule has 1 atom stereocenters. The van der Waals surface area contributed by atoms with Crippen molar-refractivity contribution in [3.63, 3.8) is 0 Å². The van der Waals surface area contributed by atoms with Gasteiger partial charge in [0, 0.05) is 13.1 Å². The van der Waals surface area contributed by atoms with Crippen LogP contribution in [0.4, 0.5) is 5.69 Å². The highest BCUT2D eigenvalue weighted by molar-refractivity contribution is 7.91. The molecule has 1 aromatic rings. The lowest BCUT2D eigenvalue weighted by Crippen LogP contribution is -2.37. The molecule has 110 valence electrons. The maximum atomic E-state index is 12.3. The van der Waals surface area contributed by atoms with E-state index in [0.29, 0.717) is 4.90 Å². The van der Waals surface area contributed by atoms with Gasteiger partial charge in [-0.1, -0.05) is 19.1 Å². The lowest BCUT2D eigenvalue weighted by atomic mass is 9.93. The van der Waals surface area contributed by atoms with E-state index in [2.05, 4.69) is 4.90 Å². The number of hydrogen-bond donors (Lipinski definition) is 0. The fourth-order valence-corrected chi connectivity index (χ4v) is 4.43. The summed E-state index contributed by atoms with van der Waals surface area (Å²) in [5, 5.41) is 0. The van der Waals surface area contributed by atoms with E-state index in [1.807, 2.05) is 18.2 Å². The standard InChI is InChI=1S/C16H23NO2S/c1-2-20(18,19)16-8-4-3-7-15(16)17-11-5-6-14(12-17)13-9-10-13/h3-4,7-8,13-14H,2,5-6,9-12H2,1H3. The zero-order chi connectivity index (χ0) is 14.2. The molecule has 0 radical (unpaired) electrons. The second-order valence-electron chi connectivity index (χ2n) is 6.06. The molecule has 0 N–H and O–H groups in total. The van der Waals surface area contributed by atoms with Crippen molar-refractivity contribution in [1.29, 1.82) is 0 Å². The molecular weight excluding hydrogens is 270 g/mol. The van der Waals surface area contributed by atoms with Gasteiger partial charge in [0.05, 0.1) is 16.3 Å². The maximum absolute atomic E-state index is 12.3. The third kappa shape index (κ3) is 2.71. The fourth-order valence-electron chi connectivity index (χ4n) is 3.32. The molecule has 0 aromatic heterocycles. The number of nitrogens with zero attached hydrogens (tertiary/aromatic N) is 1. The Kier molecular flexibility index (Phi) is 3.76. The summed E-state index contributed by atoms with van der Waals surface area (Å²) in [6, 6.07) is 7.51. The van der Waals surface area contributed by atoms with Crippen LogP contribution < -0.4 is 4.90 Å². The molecule has 4 heteroatoms. The summed E-state index contributed by atoms with van der Waals surface area (Å²) < 4.78 is 24.5. The highest BCUT2D eigenvalue weighted by Crippen LogP contribution is 2.42. The minimum absolute atomic E-state index is 0.171. The van der Waals surface area contributed by atoms with Gasteiger partial charge in [-0.3, -0.25) is 0 Å². The average Bonchev–Trinajstić information content (AvgIpc) is 3.32. The summed E-state index contributed by atoms with van der Waals surface area (Å²) in [6.45, 7) is 3.73. The summed E-state index contributed by atoms with van der Waals surface area (Å²) in [5.74, 6) is 1.83. The molecule has 1 aliphatic heterocycles. The van der Waals surface area contributed by atoms with E-state index in [0.717, 1.165) is 30.6 Å². The van der Waals surface area contributed by atoms with Crippen LogP contribution in [0.3, 0.4) is 0 Å². The zero-order valence-corrected chi connectivity index (χ0v) is 12.9. The van der Waals surface area contributed by atoms with Gasteiger partial charge in [0.1, 0.15) is 0 Å². The second-order valence-corrected chi connectivity index (χ2v) is 8.30. The van der Waals surface area contributed by atoms with Crippen LogP contribution in [-0.4, -0.2) is 27.3 Å². The Morgan fingerprint density at radius 3 is 2.60 bits per heavy atom. The number of para-hydroxylation sites is 1. The van der Waals surface area contributed by atoms with E-state index < -0.39 is 9.84 Å². The first kappa shape index (κ1) is 13.9. The lowest BCUT2D eigenvalue weighted by Gasteiger charge is -2.35. The molecule has 0 spiro atoms. The highest BCUT2D eigenvalue weighted by Gasteiger charge is 2.35. The van der Waals surface area contributed by atoms with Gasteiger partial charge in [-0.25, -0.2) is 8.42 Å². The van der Waals surface area contributed by atoms with Crippen molar-refractivity contribution in [3.8, 4) is 0 Å². The molecule has 1 saturated heterocycles. The van der Waals surface area contributed by atoms with Crippen molar-refractivity contribution in [2.45, 2.75) is 37.5 Å². The first-order valence-electron chi connectivity index (χ1n) is 7.68. The smallest absolute Gasteiger partial charge is 0.180 e. The Morgan fingerprint density at radius 2 is 1.90 bits per heavy atom. The third-order valence-electron chi connectivity index (χ3n) is 4.67. The van der Waals surface area contributed by atoms with Crippen molar-refractivity contribution >= 4 is 15.5 Å². The molecule has 20 heavy (non-hydrogen) atoms. The molecule has 2 fully saturated rings. The van der Waals surface area contributed by atoms with E-state index in [4.69, 9.17) is 0 Å². The molecule has 0 amide bonds. The summed E-state index contributed by atoms with van der Waals surface area (Å²) in [6.07, 6.45) is 5.23. The predicted molar refractivity (Wildman–Crippen MR) is 81.8 cm³/mol. The molecule has 1 aliphatic carbocycles. The molecule has 3 nitrogen and oxygen atoms in total. The minimum atomic E-state index is -3.14. The number of anilines is 1. The molecular formula is C16H23NO2S. The number of sulfone groups is 1. The quantitative estimate of drug-likeness (QED) is 0.856. The summed E-state index contributed by atoms with van der Waals surface area (Å²) in [4.78, 5) is 2.81. The maximum Gasteiger partial charge on any atom is 0.180 e. The van der Waals surface area contributed by atoms with Crippen molar-refractivity contribution in [2.75, 3.05) is 23.7 Å². The van der Waals surface area contributed by atoms with Crippen molar-refractivity contribution in [1.82, 2.24) is 0 Å². The first-order valence-corrected chi connectivity index (χ1v) is 9.34. The van der Waals surface area contributed by atoms with Crippen LogP contribution in [0.2, 0.25) is 0 Å². The predicted octanol–water partition coefficient (Wildman–Crippen LogP) is 3.11. The molecule has 1 aromatic carbocycles. The van der Waals surface area contributed by atoms with E-state index in [1.165, 1.54) is 25.7 Å². The molecule has 3 rings (SSSR count). The normalized spacial score (nSPS) is 23.9. The van der Waals surface area contributed by atoms with E-state index >= 15 is 0 Å². The van der Waals surface area contributed by atoms with Gasteiger partial charge in [0.15, 0.2) is 9.84 Å². The minimum Gasteiger partial charge on any atom is -0.370 e. The van der Waals surface area contributed by atoms with Crippen LogP contribution in [0.1, 0.15) is 32.6 Å². The molecule has 1 heterocycles. The summed E-state index contributed by atoms with van der Waals surface area (Å²) in [5.41, 5.74) is 0.916. The zero-order valence-electron chi connectivity index (χ0n) is 12.1. The van der Waals surface area contributed by atoms with Crippen LogP contribution in [0.25, 0.3) is 0 Å². The second kappa shape index (κ2) is 5.40. The summed E-state index contributed by atoms with van der Waals surface area (Å²) >= 11 is 0. The number of hydrogen-bond acceptors (Lipinski definition) is 3. The van der Waals surface area contributed by atoms with Crippen LogP contribution in [-0.2, 0) is 9.84 Å². The van der Waals surface area contributed by atoms with Gasteiger partial charge < -0.3 is 4.90 Å². The van der Waals surface area contributed by atoms with Gasteiger partial charge in [0.2, 0.25) is 0 Å². The third-order valence-corrected chi connectivity index (χ3v) is 6.44. The van der Waals surface area contributed by atoms with Crippen molar-refractivity contribution in [2.24, 2.45) is 11.8 Å². The van der Waals surface area contributed by atoms with E-state index in [9.17, 15) is 8.42 Å². The Labute approximate surface area is 121 Å². The van der Waals surface area contributed by atoms with Crippen molar-refractivity contribution in [3.05, 3.63) is 24.3 Å². The number of piperidine rings is 1. The van der Waals surface area contributed by atoms with Crippen LogP contribution in [0.15, 0.2) is 29.2 Å². The van der Waals surface area contributed by atoms with E-state index in [-0.39, 0.29) is 5.75 Å². The first-order chi connectivity index (χ1) is 9.62. The Balaban J connectivity index is 1.89. The lowest BCUT2D eigenvalue weighted by molar-refractivity contribution is 0.372. The largest absolute Gasteiger partial charge is 0.370 e. The SMILES string of the molecule is CCS(=O)(=O)c1ccccc1N1CCCC(C2CC2)C1. The van der Waals surface area contributed by atoms with Gasteiger partial charge in [0.25, 0.3) is 0 Å². The molecule has 0 bridgehead atoms. The highest BCUT2D eigenvalue weighted by atomic mass is 32.2. The van der Waals surface area contributed by atoms with Gasteiger partial charge in [-0.2, -0.15) is 0 Å².